The van der Waals surface area contributed by atoms with Crippen molar-refractivity contribution in [2.45, 2.75) is 83.1 Å². The number of piperidine rings is 3. The smallest absolute Gasteiger partial charge is 0.227 e. The van der Waals surface area contributed by atoms with E-state index in [1.165, 1.54) is 81.0 Å². The molecule has 1 unspecified atom stereocenters. The van der Waals surface area contributed by atoms with Gasteiger partial charge >= 0.3 is 0 Å². The zero-order chi connectivity index (χ0) is 27.4. The molecule has 39 heavy (non-hydrogen) atoms. The Morgan fingerprint density at radius 3 is 2.51 bits per heavy atom. The number of benzene rings is 2. The minimum absolute atomic E-state index is 0.0123. The van der Waals surface area contributed by atoms with Gasteiger partial charge in [-0.05, 0) is 115 Å². The summed E-state index contributed by atoms with van der Waals surface area (Å²) in [5, 5.41) is 0.328. The van der Waals surface area contributed by atoms with Gasteiger partial charge in [-0.2, -0.15) is 0 Å². The Balaban J connectivity index is 1.30. The van der Waals surface area contributed by atoms with Gasteiger partial charge in [0.2, 0.25) is 5.91 Å². The monoisotopic (exact) mass is 553 g/mol. The Labute approximate surface area is 239 Å². The molecule has 0 spiro atoms. The van der Waals surface area contributed by atoms with Crippen LogP contribution in [0.25, 0.3) is 0 Å². The maximum Gasteiger partial charge on any atom is 0.227 e. The largest absolute Gasteiger partial charge is 0.342 e. The molecule has 0 aromatic heterocycles. The SMILES string of the molecule is Cc1ccc(C)c(C2(CCN3CCC(N4CCCCC4)CC3)CCCN(C(=O)Cc3c(F)cccc3Cl)C2)c1. The van der Waals surface area contributed by atoms with Crippen molar-refractivity contribution in [1.82, 2.24) is 14.7 Å². The molecule has 0 saturated carbocycles. The van der Waals surface area contributed by atoms with Crippen molar-refractivity contribution in [2.24, 2.45) is 0 Å². The van der Waals surface area contributed by atoms with E-state index in [1.807, 2.05) is 4.90 Å². The number of carbonyl (C=O) groups excluding carboxylic acids is 1. The number of hydrogen-bond donors (Lipinski definition) is 0. The summed E-state index contributed by atoms with van der Waals surface area (Å²) in [6.07, 6.45) is 9.73. The number of amides is 1. The molecule has 1 amide bonds. The van der Waals surface area contributed by atoms with Crippen molar-refractivity contribution in [3.8, 4) is 0 Å². The normalized spacial score (nSPS) is 23.7. The Morgan fingerprint density at radius 2 is 1.77 bits per heavy atom. The lowest BCUT2D eigenvalue weighted by atomic mass is 9.69. The van der Waals surface area contributed by atoms with Crippen molar-refractivity contribution in [3.63, 3.8) is 0 Å². The van der Waals surface area contributed by atoms with E-state index in [0.29, 0.717) is 17.1 Å². The zero-order valence-electron chi connectivity index (χ0n) is 23.9. The molecule has 3 saturated heterocycles. The Kier molecular flexibility index (Phi) is 9.31. The molecule has 1 atom stereocenters. The first-order chi connectivity index (χ1) is 18.8. The van der Waals surface area contributed by atoms with Gasteiger partial charge in [0.1, 0.15) is 5.82 Å². The molecule has 2 aromatic carbocycles. The topological polar surface area (TPSA) is 26.8 Å². The number of hydrogen-bond acceptors (Lipinski definition) is 3. The second-order valence-electron chi connectivity index (χ2n) is 12.3. The second kappa shape index (κ2) is 12.7. The molecule has 3 heterocycles. The Bertz CT molecular complexity index is 1120. The minimum atomic E-state index is -0.401. The molecule has 3 fully saturated rings. The summed E-state index contributed by atoms with van der Waals surface area (Å²) in [6, 6.07) is 12.2. The quantitative estimate of drug-likeness (QED) is 0.389. The van der Waals surface area contributed by atoms with Crippen LogP contribution in [0.3, 0.4) is 0 Å². The number of halogens is 2. The van der Waals surface area contributed by atoms with Crippen LogP contribution >= 0.6 is 11.6 Å². The fraction of sp³-hybridized carbons (Fsp3) is 0.606. The highest BCUT2D eigenvalue weighted by Gasteiger charge is 2.40. The second-order valence-corrected chi connectivity index (χ2v) is 12.7. The van der Waals surface area contributed by atoms with Crippen LogP contribution in [-0.2, 0) is 16.6 Å². The van der Waals surface area contributed by atoms with Gasteiger partial charge in [-0.15, -0.1) is 0 Å². The van der Waals surface area contributed by atoms with Gasteiger partial charge < -0.3 is 14.7 Å². The van der Waals surface area contributed by atoms with E-state index in [2.05, 4.69) is 41.8 Å². The summed E-state index contributed by atoms with van der Waals surface area (Å²) in [4.78, 5) is 20.9. The lowest BCUT2D eigenvalue weighted by Crippen LogP contribution is -2.51. The first-order valence-corrected chi connectivity index (χ1v) is 15.5. The molecular formula is C33H45ClFN3O. The van der Waals surface area contributed by atoms with Gasteiger partial charge in [-0.3, -0.25) is 4.79 Å². The molecule has 2 aromatic rings. The average Bonchev–Trinajstić information content (AvgIpc) is 2.96. The lowest BCUT2D eigenvalue weighted by molar-refractivity contribution is -0.133. The Hall–Kier alpha value is -1.95. The fourth-order valence-corrected chi connectivity index (χ4v) is 7.57. The number of likely N-dealkylation sites (tertiary alicyclic amines) is 3. The summed E-state index contributed by atoms with van der Waals surface area (Å²) in [7, 11) is 0. The maximum atomic E-state index is 14.5. The van der Waals surface area contributed by atoms with Crippen LogP contribution in [-0.4, -0.2) is 72.5 Å². The van der Waals surface area contributed by atoms with E-state index < -0.39 is 5.82 Å². The van der Waals surface area contributed by atoms with Crippen LogP contribution in [0.5, 0.6) is 0 Å². The van der Waals surface area contributed by atoms with Gasteiger partial charge in [0.15, 0.2) is 0 Å². The number of rotatable bonds is 7. The standard InChI is InChI=1S/C33H45ClFN3O/c1-25-10-11-26(2)29(22-25)33(15-21-36-19-12-27(13-20-36)37-16-4-3-5-17-37)14-7-18-38(24-33)32(39)23-28-30(34)8-6-9-31(28)35/h6,8-11,22,27H,3-5,7,12-21,23-24H2,1-2H3. The fourth-order valence-electron chi connectivity index (χ4n) is 7.34. The van der Waals surface area contributed by atoms with E-state index >= 15 is 0 Å². The van der Waals surface area contributed by atoms with Crippen LogP contribution in [0.2, 0.25) is 5.02 Å². The van der Waals surface area contributed by atoms with Gasteiger partial charge in [0.25, 0.3) is 0 Å². The Morgan fingerprint density at radius 1 is 1.00 bits per heavy atom. The summed E-state index contributed by atoms with van der Waals surface area (Å²) in [6.45, 7) is 11.7. The van der Waals surface area contributed by atoms with Crippen molar-refractivity contribution in [3.05, 3.63) is 69.5 Å². The molecule has 0 N–H and O–H groups in total. The van der Waals surface area contributed by atoms with Crippen LogP contribution in [0.4, 0.5) is 4.39 Å². The third-order valence-corrected chi connectivity index (χ3v) is 10.0. The van der Waals surface area contributed by atoms with Crippen LogP contribution in [0.15, 0.2) is 36.4 Å². The van der Waals surface area contributed by atoms with Crippen molar-refractivity contribution in [1.29, 1.82) is 0 Å². The molecule has 0 bridgehead atoms. The predicted octanol–water partition coefficient (Wildman–Crippen LogP) is 6.54. The maximum absolute atomic E-state index is 14.5. The molecule has 212 valence electrons. The summed E-state index contributed by atoms with van der Waals surface area (Å²) < 4.78 is 14.5. The van der Waals surface area contributed by atoms with Crippen LogP contribution in [0.1, 0.15) is 73.6 Å². The summed E-state index contributed by atoms with van der Waals surface area (Å²) in [5.74, 6) is -0.430. The van der Waals surface area contributed by atoms with E-state index in [9.17, 15) is 9.18 Å². The molecule has 3 aliphatic rings. The number of aryl methyl sites for hydroxylation is 2. The van der Waals surface area contributed by atoms with Crippen molar-refractivity contribution in [2.75, 3.05) is 45.8 Å². The molecule has 4 nitrogen and oxygen atoms in total. The summed E-state index contributed by atoms with van der Waals surface area (Å²) >= 11 is 6.28. The molecule has 0 radical (unpaired) electrons. The highest BCUT2D eigenvalue weighted by Crippen LogP contribution is 2.40. The molecule has 5 rings (SSSR count). The van der Waals surface area contributed by atoms with E-state index in [4.69, 9.17) is 11.6 Å². The van der Waals surface area contributed by atoms with Gasteiger partial charge in [-0.25, -0.2) is 4.39 Å². The van der Waals surface area contributed by atoms with E-state index in [1.54, 1.807) is 12.1 Å². The highest BCUT2D eigenvalue weighted by atomic mass is 35.5. The molecular weight excluding hydrogens is 509 g/mol. The van der Waals surface area contributed by atoms with Gasteiger partial charge in [-0.1, -0.05) is 47.9 Å². The third kappa shape index (κ3) is 6.69. The molecule has 0 aliphatic carbocycles. The predicted molar refractivity (Wildman–Crippen MR) is 158 cm³/mol. The first kappa shape index (κ1) is 28.6. The van der Waals surface area contributed by atoms with E-state index in [-0.39, 0.29) is 17.7 Å². The summed E-state index contributed by atoms with van der Waals surface area (Å²) in [5.41, 5.74) is 4.16. The minimum Gasteiger partial charge on any atom is -0.342 e. The van der Waals surface area contributed by atoms with Crippen molar-refractivity contribution < 1.29 is 9.18 Å². The average molecular weight is 554 g/mol. The highest BCUT2D eigenvalue weighted by molar-refractivity contribution is 6.31. The first-order valence-electron chi connectivity index (χ1n) is 15.1. The molecule has 3 aliphatic heterocycles. The third-order valence-electron chi connectivity index (χ3n) is 9.65. The van der Waals surface area contributed by atoms with Crippen molar-refractivity contribution >= 4 is 17.5 Å². The lowest BCUT2D eigenvalue weighted by Gasteiger charge is -2.46. The molecule has 6 heteroatoms. The van der Waals surface area contributed by atoms with Crippen LogP contribution < -0.4 is 0 Å². The van der Waals surface area contributed by atoms with Gasteiger partial charge in [0, 0.05) is 35.1 Å². The number of carbonyl (C=O) groups is 1. The zero-order valence-corrected chi connectivity index (χ0v) is 24.6. The number of nitrogens with zero attached hydrogens (tertiary/aromatic N) is 3. The van der Waals surface area contributed by atoms with Crippen LogP contribution in [0, 0.1) is 19.7 Å². The van der Waals surface area contributed by atoms with E-state index in [0.717, 1.165) is 38.4 Å². The van der Waals surface area contributed by atoms with Gasteiger partial charge in [0.05, 0.1) is 6.42 Å².